The number of aromatic nitrogens is 4. The van der Waals surface area contributed by atoms with Crippen molar-refractivity contribution in [3.8, 4) is 12.1 Å². The van der Waals surface area contributed by atoms with E-state index in [0.29, 0.717) is 29.0 Å². The number of benzene rings is 1. The highest BCUT2D eigenvalue weighted by Crippen LogP contribution is 2.25. The normalized spacial score (nSPS) is 14.2. The molecule has 8 heteroatoms. The van der Waals surface area contributed by atoms with Crippen LogP contribution in [0.1, 0.15) is 30.4 Å². The van der Waals surface area contributed by atoms with Crippen LogP contribution in [-0.4, -0.2) is 33.5 Å². The minimum absolute atomic E-state index is 0.151. The summed E-state index contributed by atoms with van der Waals surface area (Å²) in [5.74, 6) is 0.246. The molecule has 25 heavy (non-hydrogen) atoms. The number of rotatable bonds is 4. The van der Waals surface area contributed by atoms with E-state index < -0.39 is 0 Å². The first-order chi connectivity index (χ1) is 12.1. The monoisotopic (exact) mass is 330 g/mol. The van der Waals surface area contributed by atoms with Crippen LogP contribution >= 0.6 is 0 Å². The molecule has 2 heterocycles. The first-order valence-corrected chi connectivity index (χ1v) is 8.09. The van der Waals surface area contributed by atoms with E-state index >= 15 is 0 Å². The van der Waals surface area contributed by atoms with Crippen molar-refractivity contribution in [3.05, 3.63) is 35.4 Å². The minimum Gasteiger partial charge on any atom is -0.460 e. The first-order valence-electron chi connectivity index (χ1n) is 8.09. The Bertz CT molecular complexity index is 989. The van der Waals surface area contributed by atoms with Crippen LogP contribution in [0.5, 0.6) is 6.01 Å². The van der Waals surface area contributed by atoms with E-state index in [1.54, 1.807) is 10.6 Å². The summed E-state index contributed by atoms with van der Waals surface area (Å²) in [6, 6.07) is 9.69. The summed E-state index contributed by atoms with van der Waals surface area (Å²) in [5, 5.41) is 9.05. The van der Waals surface area contributed by atoms with E-state index in [9.17, 15) is 0 Å². The summed E-state index contributed by atoms with van der Waals surface area (Å²) in [6.45, 7) is 0.428. The van der Waals surface area contributed by atoms with Crippen LogP contribution < -0.4 is 16.2 Å². The molecule has 0 unspecified atom stereocenters. The highest BCUT2D eigenvalue weighted by Gasteiger charge is 2.22. The zero-order valence-corrected chi connectivity index (χ0v) is 13.5. The molecule has 1 fully saturated rings. The van der Waals surface area contributed by atoms with Gasteiger partial charge in [0, 0.05) is 6.54 Å². The van der Waals surface area contributed by atoms with Crippen molar-refractivity contribution >= 4 is 30.6 Å². The molecule has 1 aromatic carbocycles. The minimum atomic E-state index is 0.151. The smallest absolute Gasteiger partial charge is 0.320 e. The quantitative estimate of drug-likeness (QED) is 0.718. The summed E-state index contributed by atoms with van der Waals surface area (Å²) in [7, 11) is 6.05. The maximum atomic E-state index is 9.05. The molecule has 7 nitrogen and oxygen atoms in total. The van der Waals surface area contributed by atoms with E-state index in [0.717, 1.165) is 24.8 Å². The Hall–Kier alpha value is -3.08. The lowest BCUT2D eigenvalue weighted by Gasteiger charge is -2.25. The van der Waals surface area contributed by atoms with Crippen molar-refractivity contribution < 1.29 is 4.74 Å². The Kier molecular flexibility index (Phi) is 3.77. The van der Waals surface area contributed by atoms with E-state index in [2.05, 4.69) is 21.0 Å². The lowest BCUT2D eigenvalue weighted by Crippen LogP contribution is -2.25. The number of nitrogens with two attached hydrogens (primary N) is 1. The van der Waals surface area contributed by atoms with Crippen molar-refractivity contribution in [2.24, 2.45) is 0 Å². The Labute approximate surface area is 145 Å². The van der Waals surface area contributed by atoms with Crippen LogP contribution in [0, 0.1) is 11.3 Å². The van der Waals surface area contributed by atoms with Crippen molar-refractivity contribution in [3.63, 3.8) is 0 Å². The molecule has 2 radical (unpaired) electrons. The van der Waals surface area contributed by atoms with Gasteiger partial charge in [0.25, 0.3) is 0 Å². The van der Waals surface area contributed by atoms with Gasteiger partial charge < -0.3 is 15.0 Å². The van der Waals surface area contributed by atoms with Gasteiger partial charge in [-0.05, 0) is 37.0 Å². The van der Waals surface area contributed by atoms with Crippen molar-refractivity contribution in [1.29, 1.82) is 5.26 Å². The molecule has 0 atom stereocenters. The lowest BCUT2D eigenvalue weighted by molar-refractivity contribution is 0.109. The van der Waals surface area contributed by atoms with Gasteiger partial charge in [0.15, 0.2) is 19.3 Å². The molecule has 0 amide bonds. The number of hydrogen-bond acceptors (Lipinski definition) is 6. The molecular weight excluding hydrogens is 315 g/mol. The third kappa shape index (κ3) is 2.89. The predicted octanol–water partition coefficient (Wildman–Crippen LogP) is 1.05. The van der Waals surface area contributed by atoms with Gasteiger partial charge in [-0.15, -0.1) is 0 Å². The molecule has 122 valence electrons. The van der Waals surface area contributed by atoms with Crippen molar-refractivity contribution in [2.45, 2.75) is 31.9 Å². The molecule has 1 saturated carbocycles. The van der Waals surface area contributed by atoms with Crippen molar-refractivity contribution in [2.75, 3.05) is 5.73 Å². The average Bonchev–Trinajstić information content (AvgIpc) is 2.88. The van der Waals surface area contributed by atoms with Gasteiger partial charge in [-0.3, -0.25) is 0 Å². The topological polar surface area (TPSA) is 103 Å². The highest BCUT2D eigenvalue weighted by molar-refractivity contribution is 6.30. The molecule has 0 aliphatic heterocycles. The van der Waals surface area contributed by atoms with E-state index in [1.165, 1.54) is 0 Å². The van der Waals surface area contributed by atoms with Crippen LogP contribution in [0.3, 0.4) is 0 Å². The second-order valence-electron chi connectivity index (χ2n) is 6.10. The third-order valence-corrected chi connectivity index (χ3v) is 4.35. The van der Waals surface area contributed by atoms with Gasteiger partial charge in [0.1, 0.15) is 11.6 Å². The van der Waals surface area contributed by atoms with Crippen LogP contribution in [0.2, 0.25) is 0 Å². The predicted molar refractivity (Wildman–Crippen MR) is 93.6 cm³/mol. The fraction of sp³-hybridized carbons (Fsp3) is 0.294. The molecule has 1 aliphatic rings. The fourth-order valence-electron chi connectivity index (χ4n) is 2.79. The zero-order chi connectivity index (χ0) is 17.4. The zero-order valence-electron chi connectivity index (χ0n) is 13.5. The number of nitrogen functional groups attached to an aromatic ring is 1. The number of nitriles is 1. The van der Waals surface area contributed by atoms with Gasteiger partial charge in [0.05, 0.1) is 17.4 Å². The second kappa shape index (κ2) is 6.09. The Morgan fingerprint density at radius 1 is 1.32 bits per heavy atom. The highest BCUT2D eigenvalue weighted by atomic mass is 16.5. The van der Waals surface area contributed by atoms with Crippen LogP contribution in [0.25, 0.3) is 11.2 Å². The molecule has 2 N–H and O–H groups in total. The second-order valence-corrected chi connectivity index (χ2v) is 6.10. The molecule has 4 rings (SSSR count). The summed E-state index contributed by atoms with van der Waals surface area (Å²) < 4.78 is 7.51. The van der Waals surface area contributed by atoms with Gasteiger partial charge in [-0.2, -0.15) is 15.2 Å². The Morgan fingerprint density at radius 3 is 2.88 bits per heavy atom. The number of nitrogens with zero attached hydrogens (tertiary/aromatic N) is 5. The summed E-state index contributed by atoms with van der Waals surface area (Å²) >= 11 is 0. The number of ether oxygens (including phenoxy) is 1. The number of hydrogen-bond donors (Lipinski definition) is 1. The summed E-state index contributed by atoms with van der Waals surface area (Å²) in [6.07, 6.45) is 3.31. The van der Waals surface area contributed by atoms with Crippen LogP contribution in [0.15, 0.2) is 24.3 Å². The number of imidazole rings is 1. The van der Waals surface area contributed by atoms with E-state index in [-0.39, 0.29) is 17.9 Å². The Balaban J connectivity index is 1.74. The first kappa shape index (κ1) is 15.5. The van der Waals surface area contributed by atoms with Gasteiger partial charge in [-0.25, -0.2) is 4.98 Å². The molecule has 0 bridgehead atoms. The molecule has 1 aliphatic carbocycles. The number of fused-ring (bicyclic) bond motifs is 1. The maximum Gasteiger partial charge on any atom is 0.320 e. The van der Waals surface area contributed by atoms with E-state index in [1.807, 2.05) is 18.2 Å². The fourth-order valence-corrected chi connectivity index (χ4v) is 2.79. The van der Waals surface area contributed by atoms with Gasteiger partial charge >= 0.3 is 6.01 Å². The SMILES string of the molecule is [B]c1nc2c(N)nc(OC3CCC3)nc2n1Cc1cccc(C#N)c1. The van der Waals surface area contributed by atoms with Gasteiger partial charge in [-0.1, -0.05) is 12.1 Å². The molecule has 3 aromatic rings. The molecule has 0 spiro atoms. The Morgan fingerprint density at radius 2 is 2.16 bits per heavy atom. The summed E-state index contributed by atoms with van der Waals surface area (Å²) in [4.78, 5) is 12.9. The lowest BCUT2D eigenvalue weighted by atomic mass is 9.96. The number of anilines is 1. The largest absolute Gasteiger partial charge is 0.460 e. The van der Waals surface area contributed by atoms with Crippen LogP contribution in [-0.2, 0) is 6.54 Å². The average molecular weight is 330 g/mol. The van der Waals surface area contributed by atoms with Gasteiger partial charge in [0.2, 0.25) is 0 Å². The third-order valence-electron chi connectivity index (χ3n) is 4.35. The summed E-state index contributed by atoms with van der Waals surface area (Å²) in [5.41, 5.74) is 8.79. The van der Waals surface area contributed by atoms with E-state index in [4.69, 9.17) is 23.6 Å². The van der Waals surface area contributed by atoms with Crippen LogP contribution in [0.4, 0.5) is 5.82 Å². The maximum absolute atomic E-state index is 9.05. The molecular formula is C17H15BN6O. The standard InChI is InChI=1S/C17H15BN6O/c18-16-21-13-14(20)22-17(25-12-5-2-6-12)23-15(13)24(16)9-11-4-1-3-10(7-11)8-19/h1,3-4,7,12H,2,5-6,9H2,(H2,20,22,23). The van der Waals surface area contributed by atoms with Crippen molar-refractivity contribution in [1.82, 2.24) is 19.5 Å². The molecule has 2 aromatic heterocycles. The molecule has 0 saturated heterocycles.